The van der Waals surface area contributed by atoms with Crippen LogP contribution in [-0.4, -0.2) is 50.8 Å². The van der Waals surface area contributed by atoms with Crippen LogP contribution in [0.2, 0.25) is 0 Å². The van der Waals surface area contributed by atoms with Gasteiger partial charge in [-0.2, -0.15) is 5.10 Å². The molecule has 1 N–H and O–H groups in total. The molecule has 0 bridgehead atoms. The average Bonchev–Trinajstić information content (AvgIpc) is 3.13. The summed E-state index contributed by atoms with van der Waals surface area (Å²) in [5, 5.41) is 6.88. The van der Waals surface area contributed by atoms with Crippen LogP contribution in [0.1, 0.15) is 32.0 Å². The van der Waals surface area contributed by atoms with Gasteiger partial charge in [0.2, 0.25) is 5.91 Å². The Morgan fingerprint density at radius 1 is 1.25 bits per heavy atom. The van der Waals surface area contributed by atoms with E-state index in [9.17, 15) is 14.4 Å². The third-order valence-corrected chi connectivity index (χ3v) is 4.87. The van der Waals surface area contributed by atoms with Crippen LogP contribution in [0.3, 0.4) is 0 Å². The van der Waals surface area contributed by atoms with Gasteiger partial charge in [0.05, 0.1) is 17.3 Å². The third kappa shape index (κ3) is 2.34. The molecule has 2 aliphatic rings. The van der Waals surface area contributed by atoms with Crippen LogP contribution in [0.4, 0.5) is 0 Å². The summed E-state index contributed by atoms with van der Waals surface area (Å²) in [5.41, 5.74) is 2.68. The van der Waals surface area contributed by atoms with Gasteiger partial charge in [0, 0.05) is 35.2 Å². The van der Waals surface area contributed by atoms with E-state index in [1.165, 1.54) is 0 Å². The van der Waals surface area contributed by atoms with Crippen molar-refractivity contribution in [3.8, 4) is 0 Å². The van der Waals surface area contributed by atoms with Crippen LogP contribution in [0.15, 0.2) is 28.9 Å². The lowest BCUT2D eigenvalue weighted by Gasteiger charge is -2.28. The van der Waals surface area contributed by atoms with Crippen LogP contribution >= 0.6 is 15.9 Å². The van der Waals surface area contributed by atoms with E-state index in [1.807, 2.05) is 0 Å². The Hall–Kier alpha value is -2.48. The molecule has 2 aromatic rings. The van der Waals surface area contributed by atoms with E-state index in [4.69, 9.17) is 0 Å². The number of H-pyrrole nitrogens is 1. The number of nitrogens with one attached hydrogen (secondary N) is 1. The second-order valence-electron chi connectivity index (χ2n) is 5.83. The minimum Gasteiger partial charge on any atom is -0.336 e. The summed E-state index contributed by atoms with van der Waals surface area (Å²) in [6.07, 6.45) is 2.39. The molecule has 0 saturated heterocycles. The Bertz CT molecular complexity index is 876. The molecule has 1 aromatic heterocycles. The molecule has 1 aromatic carbocycles. The average molecular weight is 389 g/mol. The number of imide groups is 1. The van der Waals surface area contributed by atoms with E-state index >= 15 is 0 Å². The predicted octanol–water partition coefficient (Wildman–Crippen LogP) is 1.35. The first-order valence-electron chi connectivity index (χ1n) is 7.49. The van der Waals surface area contributed by atoms with Gasteiger partial charge in [0.25, 0.3) is 11.8 Å². The van der Waals surface area contributed by atoms with Crippen molar-refractivity contribution in [2.75, 3.05) is 13.1 Å². The molecule has 0 aliphatic carbocycles. The van der Waals surface area contributed by atoms with Crippen LogP contribution in [0, 0.1) is 0 Å². The number of rotatable bonds is 2. The molecule has 0 unspecified atom stereocenters. The zero-order valence-corrected chi connectivity index (χ0v) is 14.2. The van der Waals surface area contributed by atoms with Crippen LogP contribution < -0.4 is 0 Å². The van der Waals surface area contributed by atoms with Gasteiger partial charge < -0.3 is 4.90 Å². The number of hydrogen-bond acceptors (Lipinski definition) is 4. The highest BCUT2D eigenvalue weighted by molar-refractivity contribution is 9.10. The van der Waals surface area contributed by atoms with E-state index in [-0.39, 0.29) is 12.5 Å². The van der Waals surface area contributed by atoms with Crippen molar-refractivity contribution in [3.05, 3.63) is 51.3 Å². The molecule has 0 saturated carbocycles. The molecule has 0 atom stereocenters. The Balaban J connectivity index is 1.51. The maximum atomic E-state index is 12.5. The molecule has 0 radical (unpaired) electrons. The fraction of sp³-hybridized carbons (Fsp3) is 0.250. The fourth-order valence-electron chi connectivity index (χ4n) is 3.08. The summed E-state index contributed by atoms with van der Waals surface area (Å²) in [4.78, 5) is 40.0. The quantitative estimate of drug-likeness (QED) is 0.786. The number of nitrogens with zero attached hydrogens (tertiary/aromatic N) is 3. The number of aromatic nitrogens is 2. The second kappa shape index (κ2) is 5.55. The number of hydrogen-bond donors (Lipinski definition) is 1. The molecule has 7 nitrogen and oxygen atoms in total. The summed E-state index contributed by atoms with van der Waals surface area (Å²) in [5.74, 6) is -1.09. The molecule has 2 aliphatic heterocycles. The predicted molar refractivity (Wildman–Crippen MR) is 87.2 cm³/mol. The highest BCUT2D eigenvalue weighted by atomic mass is 79.9. The van der Waals surface area contributed by atoms with Gasteiger partial charge in [-0.25, -0.2) is 0 Å². The van der Waals surface area contributed by atoms with E-state index in [1.54, 1.807) is 29.3 Å². The van der Waals surface area contributed by atoms with E-state index in [0.29, 0.717) is 30.6 Å². The standard InChI is InChI=1S/C16H13BrN4O3/c17-10-1-2-11-12(5-10)16(24)21(15(11)23)8-14(22)20-4-3-13-9(7-20)6-18-19-13/h1-2,5-6H,3-4,7-8H2,(H,18,19). The highest BCUT2D eigenvalue weighted by Gasteiger charge is 2.37. The van der Waals surface area contributed by atoms with E-state index < -0.39 is 11.8 Å². The number of halogens is 1. The van der Waals surface area contributed by atoms with Gasteiger partial charge in [0.1, 0.15) is 6.54 Å². The number of amides is 3. The molecular formula is C16H13BrN4O3. The largest absolute Gasteiger partial charge is 0.336 e. The molecule has 122 valence electrons. The number of benzene rings is 1. The zero-order valence-electron chi connectivity index (χ0n) is 12.6. The SMILES string of the molecule is O=C(CN1C(=O)c2ccc(Br)cc2C1=O)N1CCc2[nH]ncc2C1. The van der Waals surface area contributed by atoms with Crippen LogP contribution in [0.5, 0.6) is 0 Å². The number of carbonyl (C=O) groups excluding carboxylic acids is 3. The zero-order chi connectivity index (χ0) is 16.8. The van der Waals surface area contributed by atoms with Gasteiger partial charge in [-0.15, -0.1) is 0 Å². The normalized spacial score (nSPS) is 16.4. The van der Waals surface area contributed by atoms with Crippen molar-refractivity contribution >= 4 is 33.7 Å². The Morgan fingerprint density at radius 3 is 2.88 bits per heavy atom. The van der Waals surface area contributed by atoms with Crippen LogP contribution in [0.25, 0.3) is 0 Å². The van der Waals surface area contributed by atoms with Crippen LogP contribution in [-0.2, 0) is 17.8 Å². The first-order valence-corrected chi connectivity index (χ1v) is 8.28. The molecule has 0 fully saturated rings. The summed E-state index contributed by atoms with van der Waals surface area (Å²) < 4.78 is 0.721. The monoisotopic (exact) mass is 388 g/mol. The van der Waals surface area contributed by atoms with Gasteiger partial charge in [0.15, 0.2) is 0 Å². The van der Waals surface area contributed by atoms with Crippen molar-refractivity contribution in [1.82, 2.24) is 20.0 Å². The number of fused-ring (bicyclic) bond motifs is 2. The smallest absolute Gasteiger partial charge is 0.262 e. The maximum Gasteiger partial charge on any atom is 0.262 e. The van der Waals surface area contributed by atoms with Gasteiger partial charge in [-0.1, -0.05) is 15.9 Å². The number of aromatic amines is 1. The third-order valence-electron chi connectivity index (χ3n) is 4.38. The first-order chi connectivity index (χ1) is 11.5. The minimum absolute atomic E-state index is 0.239. The van der Waals surface area contributed by atoms with Crippen molar-refractivity contribution in [3.63, 3.8) is 0 Å². The first kappa shape index (κ1) is 15.1. The van der Waals surface area contributed by atoms with E-state index in [0.717, 1.165) is 20.6 Å². The number of carbonyl (C=O) groups is 3. The highest BCUT2D eigenvalue weighted by Crippen LogP contribution is 2.26. The molecule has 24 heavy (non-hydrogen) atoms. The van der Waals surface area contributed by atoms with Crippen molar-refractivity contribution in [2.24, 2.45) is 0 Å². The topological polar surface area (TPSA) is 86.4 Å². The Kier molecular flexibility index (Phi) is 3.49. The summed E-state index contributed by atoms with van der Waals surface area (Å²) >= 11 is 3.29. The molecule has 4 rings (SSSR count). The van der Waals surface area contributed by atoms with Crippen molar-refractivity contribution in [2.45, 2.75) is 13.0 Å². The lowest BCUT2D eigenvalue weighted by molar-refractivity contribution is -0.132. The minimum atomic E-state index is -0.425. The second-order valence-corrected chi connectivity index (χ2v) is 6.74. The maximum absolute atomic E-state index is 12.5. The molecule has 3 amide bonds. The Labute approximate surface area is 145 Å². The Morgan fingerprint density at radius 2 is 2.04 bits per heavy atom. The lowest BCUT2D eigenvalue weighted by Crippen LogP contribution is -2.44. The molecule has 3 heterocycles. The van der Waals surface area contributed by atoms with Crippen molar-refractivity contribution in [1.29, 1.82) is 0 Å². The van der Waals surface area contributed by atoms with Gasteiger partial charge >= 0.3 is 0 Å². The van der Waals surface area contributed by atoms with Gasteiger partial charge in [-0.3, -0.25) is 24.4 Å². The van der Waals surface area contributed by atoms with Crippen molar-refractivity contribution < 1.29 is 14.4 Å². The summed E-state index contributed by atoms with van der Waals surface area (Å²) in [7, 11) is 0. The molecule has 0 spiro atoms. The summed E-state index contributed by atoms with van der Waals surface area (Å²) in [6.45, 7) is 0.749. The molecule has 8 heteroatoms. The van der Waals surface area contributed by atoms with Gasteiger partial charge in [-0.05, 0) is 18.2 Å². The fourth-order valence-corrected chi connectivity index (χ4v) is 3.44. The van der Waals surface area contributed by atoms with E-state index in [2.05, 4.69) is 26.1 Å². The summed E-state index contributed by atoms with van der Waals surface area (Å²) in [6, 6.07) is 4.92. The lowest BCUT2D eigenvalue weighted by atomic mass is 10.1. The molecular weight excluding hydrogens is 376 g/mol.